The SMILES string of the molecule is C=CCN(Cc1ccc(C(=O)NCc2ccc(F)cc2)cc1)S(=O)(=O)c1ccccc1. The molecular formula is C24H23FN2O3S. The molecule has 7 heteroatoms. The highest BCUT2D eigenvalue weighted by Gasteiger charge is 2.23. The predicted octanol–water partition coefficient (Wildman–Crippen LogP) is 4.13. The molecule has 160 valence electrons. The molecule has 0 unspecified atom stereocenters. The summed E-state index contributed by atoms with van der Waals surface area (Å²) >= 11 is 0. The van der Waals surface area contributed by atoms with Crippen molar-refractivity contribution in [2.75, 3.05) is 6.54 Å². The normalized spacial score (nSPS) is 11.3. The third kappa shape index (κ3) is 5.87. The minimum atomic E-state index is -3.67. The molecule has 3 rings (SSSR count). The Morgan fingerprint density at radius 2 is 1.55 bits per heavy atom. The van der Waals surface area contributed by atoms with Crippen molar-refractivity contribution in [2.24, 2.45) is 0 Å². The Hall–Kier alpha value is -3.29. The first-order chi connectivity index (χ1) is 14.9. The maximum Gasteiger partial charge on any atom is 0.251 e. The molecule has 0 aliphatic rings. The minimum absolute atomic E-state index is 0.153. The largest absolute Gasteiger partial charge is 0.348 e. The first-order valence-corrected chi connectivity index (χ1v) is 11.1. The second-order valence-electron chi connectivity index (χ2n) is 6.91. The average molecular weight is 439 g/mol. The Balaban J connectivity index is 1.67. The van der Waals surface area contributed by atoms with Gasteiger partial charge in [0, 0.05) is 25.2 Å². The fraction of sp³-hybridized carbons (Fsp3) is 0.125. The van der Waals surface area contributed by atoms with E-state index in [0.29, 0.717) is 5.56 Å². The van der Waals surface area contributed by atoms with Crippen LogP contribution in [0.2, 0.25) is 0 Å². The van der Waals surface area contributed by atoms with Gasteiger partial charge in [0.25, 0.3) is 5.91 Å². The number of nitrogens with zero attached hydrogens (tertiary/aromatic N) is 1. The number of rotatable bonds is 9. The zero-order chi connectivity index (χ0) is 22.3. The topological polar surface area (TPSA) is 66.5 Å². The fourth-order valence-electron chi connectivity index (χ4n) is 2.99. The van der Waals surface area contributed by atoms with Crippen LogP contribution in [-0.2, 0) is 23.1 Å². The summed E-state index contributed by atoms with van der Waals surface area (Å²) in [7, 11) is -3.67. The lowest BCUT2D eigenvalue weighted by Gasteiger charge is -2.21. The molecule has 31 heavy (non-hydrogen) atoms. The number of hydrogen-bond acceptors (Lipinski definition) is 3. The number of carbonyl (C=O) groups excluding carboxylic acids is 1. The van der Waals surface area contributed by atoms with E-state index in [1.807, 2.05) is 0 Å². The standard InChI is InChI=1S/C24H23FN2O3S/c1-2-16-27(31(29,30)23-6-4-3-5-7-23)18-20-8-12-21(13-9-20)24(28)26-17-19-10-14-22(25)15-11-19/h2-15H,1,16-18H2,(H,26,28). The maximum absolute atomic E-state index is 13.0. The number of sulfonamides is 1. The summed E-state index contributed by atoms with van der Waals surface area (Å²) < 4.78 is 40.2. The molecule has 0 fully saturated rings. The summed E-state index contributed by atoms with van der Waals surface area (Å²) in [5.41, 5.74) is 1.99. The van der Waals surface area contributed by atoms with Crippen LogP contribution >= 0.6 is 0 Å². The van der Waals surface area contributed by atoms with Crippen molar-refractivity contribution in [3.8, 4) is 0 Å². The maximum atomic E-state index is 13.0. The summed E-state index contributed by atoms with van der Waals surface area (Å²) in [6, 6.07) is 20.9. The third-order valence-electron chi connectivity index (χ3n) is 4.66. The predicted molar refractivity (Wildman–Crippen MR) is 118 cm³/mol. The van der Waals surface area contributed by atoms with E-state index in [9.17, 15) is 17.6 Å². The lowest BCUT2D eigenvalue weighted by atomic mass is 10.1. The third-order valence-corrected chi connectivity index (χ3v) is 6.48. The van der Waals surface area contributed by atoms with E-state index in [1.54, 1.807) is 66.7 Å². The van der Waals surface area contributed by atoms with E-state index in [0.717, 1.165) is 11.1 Å². The Morgan fingerprint density at radius 1 is 0.935 bits per heavy atom. The molecule has 0 saturated heterocycles. The molecule has 5 nitrogen and oxygen atoms in total. The van der Waals surface area contributed by atoms with Gasteiger partial charge in [0.1, 0.15) is 5.82 Å². The zero-order valence-electron chi connectivity index (χ0n) is 16.9. The van der Waals surface area contributed by atoms with Gasteiger partial charge in [-0.3, -0.25) is 4.79 Å². The van der Waals surface area contributed by atoms with Crippen molar-refractivity contribution in [1.29, 1.82) is 0 Å². The summed E-state index contributed by atoms with van der Waals surface area (Å²) in [5, 5.41) is 2.78. The number of benzene rings is 3. The first-order valence-electron chi connectivity index (χ1n) is 9.68. The minimum Gasteiger partial charge on any atom is -0.348 e. The molecule has 0 saturated carbocycles. The van der Waals surface area contributed by atoms with Gasteiger partial charge in [-0.15, -0.1) is 6.58 Å². The molecular weight excluding hydrogens is 415 g/mol. The van der Waals surface area contributed by atoms with Crippen LogP contribution in [0.4, 0.5) is 4.39 Å². The molecule has 0 heterocycles. The summed E-state index contributed by atoms with van der Waals surface area (Å²) in [4.78, 5) is 12.6. The van der Waals surface area contributed by atoms with Gasteiger partial charge in [0.05, 0.1) is 4.90 Å². The van der Waals surface area contributed by atoms with Gasteiger partial charge in [0.2, 0.25) is 10.0 Å². The quantitative estimate of drug-likeness (QED) is 0.511. The molecule has 0 bridgehead atoms. The van der Waals surface area contributed by atoms with Gasteiger partial charge in [-0.1, -0.05) is 48.5 Å². The van der Waals surface area contributed by atoms with E-state index in [1.165, 1.54) is 22.5 Å². The second-order valence-corrected chi connectivity index (χ2v) is 8.84. The summed E-state index contributed by atoms with van der Waals surface area (Å²) in [6.07, 6.45) is 1.54. The Morgan fingerprint density at radius 3 is 2.16 bits per heavy atom. The van der Waals surface area contributed by atoms with E-state index < -0.39 is 10.0 Å². The molecule has 0 aliphatic carbocycles. The highest BCUT2D eigenvalue weighted by molar-refractivity contribution is 7.89. The first kappa shape index (κ1) is 22.4. The summed E-state index contributed by atoms with van der Waals surface area (Å²) in [5.74, 6) is -0.596. The van der Waals surface area contributed by atoms with Gasteiger partial charge in [-0.2, -0.15) is 4.31 Å². The Bertz CT molecular complexity index is 1130. The van der Waals surface area contributed by atoms with Crippen molar-refractivity contribution in [3.63, 3.8) is 0 Å². The van der Waals surface area contributed by atoms with Crippen LogP contribution in [0.3, 0.4) is 0 Å². The van der Waals surface area contributed by atoms with Crippen LogP contribution in [0, 0.1) is 5.82 Å². The molecule has 0 aliphatic heterocycles. The van der Waals surface area contributed by atoms with Gasteiger partial charge >= 0.3 is 0 Å². The molecule has 0 atom stereocenters. The van der Waals surface area contributed by atoms with E-state index in [2.05, 4.69) is 11.9 Å². The van der Waals surface area contributed by atoms with Crippen LogP contribution in [-0.4, -0.2) is 25.2 Å². The number of carbonyl (C=O) groups is 1. The Labute approximate surface area is 181 Å². The van der Waals surface area contributed by atoms with Gasteiger partial charge in [-0.25, -0.2) is 12.8 Å². The molecule has 1 amide bonds. The van der Waals surface area contributed by atoms with Crippen molar-refractivity contribution in [1.82, 2.24) is 9.62 Å². The molecule has 1 N–H and O–H groups in total. The molecule has 0 aromatic heterocycles. The highest BCUT2D eigenvalue weighted by Crippen LogP contribution is 2.18. The van der Waals surface area contributed by atoms with Crippen molar-refractivity contribution in [2.45, 2.75) is 18.0 Å². The van der Waals surface area contributed by atoms with Gasteiger partial charge < -0.3 is 5.32 Å². The lowest BCUT2D eigenvalue weighted by Crippen LogP contribution is -2.30. The monoisotopic (exact) mass is 438 g/mol. The van der Waals surface area contributed by atoms with Crippen LogP contribution < -0.4 is 5.32 Å². The van der Waals surface area contributed by atoms with E-state index in [-0.39, 0.29) is 36.3 Å². The summed E-state index contributed by atoms with van der Waals surface area (Å²) in [6.45, 7) is 4.26. The van der Waals surface area contributed by atoms with Crippen LogP contribution in [0.15, 0.2) is 96.4 Å². The Kier molecular flexibility index (Phi) is 7.33. The number of amides is 1. The average Bonchev–Trinajstić information content (AvgIpc) is 2.79. The van der Waals surface area contributed by atoms with Crippen LogP contribution in [0.1, 0.15) is 21.5 Å². The molecule has 0 radical (unpaired) electrons. The van der Waals surface area contributed by atoms with Gasteiger partial charge in [-0.05, 0) is 47.5 Å². The van der Waals surface area contributed by atoms with Crippen LogP contribution in [0.5, 0.6) is 0 Å². The molecule has 3 aromatic rings. The second kappa shape index (κ2) is 10.1. The zero-order valence-corrected chi connectivity index (χ0v) is 17.7. The molecule has 0 spiro atoms. The fourth-order valence-corrected chi connectivity index (χ4v) is 4.40. The molecule has 3 aromatic carbocycles. The number of nitrogens with one attached hydrogen (secondary N) is 1. The lowest BCUT2D eigenvalue weighted by molar-refractivity contribution is 0.0951. The highest BCUT2D eigenvalue weighted by atomic mass is 32.2. The number of hydrogen-bond donors (Lipinski definition) is 1. The van der Waals surface area contributed by atoms with Gasteiger partial charge in [0.15, 0.2) is 0 Å². The van der Waals surface area contributed by atoms with Crippen molar-refractivity contribution < 1.29 is 17.6 Å². The van der Waals surface area contributed by atoms with Crippen LogP contribution in [0.25, 0.3) is 0 Å². The van der Waals surface area contributed by atoms with E-state index >= 15 is 0 Å². The number of halogens is 1. The van der Waals surface area contributed by atoms with Crippen molar-refractivity contribution in [3.05, 3.63) is 114 Å². The van der Waals surface area contributed by atoms with E-state index in [4.69, 9.17) is 0 Å². The smallest absolute Gasteiger partial charge is 0.251 e. The van der Waals surface area contributed by atoms with Crippen molar-refractivity contribution >= 4 is 15.9 Å².